The molecule has 2 aliphatic heterocycles. The van der Waals surface area contributed by atoms with Crippen LogP contribution in [0.5, 0.6) is 0 Å². The highest BCUT2D eigenvalue weighted by molar-refractivity contribution is 7.91. The van der Waals surface area contributed by atoms with Gasteiger partial charge in [0.25, 0.3) is 11.8 Å². The number of benzene rings is 1. The van der Waals surface area contributed by atoms with Crippen molar-refractivity contribution in [3.05, 3.63) is 34.9 Å². The Morgan fingerprint density at radius 1 is 1.13 bits per heavy atom. The second kappa shape index (κ2) is 9.99. The predicted molar refractivity (Wildman–Crippen MR) is 115 cm³/mol. The van der Waals surface area contributed by atoms with Crippen molar-refractivity contribution in [2.24, 2.45) is 5.92 Å². The molecule has 0 bridgehead atoms. The van der Waals surface area contributed by atoms with E-state index in [1.807, 2.05) is 0 Å². The summed E-state index contributed by atoms with van der Waals surface area (Å²) in [5, 5.41) is 0.559. The molecule has 1 aromatic carbocycles. The van der Waals surface area contributed by atoms with Gasteiger partial charge in [-0.15, -0.1) is 0 Å². The Hall–Kier alpha value is -2.13. The van der Waals surface area contributed by atoms with Crippen molar-refractivity contribution in [3.63, 3.8) is 0 Å². The molecule has 0 aliphatic carbocycles. The smallest absolute Gasteiger partial charge is 0.309 e. The van der Waals surface area contributed by atoms with E-state index in [-0.39, 0.29) is 35.3 Å². The normalized spacial score (nSPS) is 21.0. The van der Waals surface area contributed by atoms with Gasteiger partial charge in [0, 0.05) is 36.3 Å². The molecule has 2 fully saturated rings. The topological polar surface area (TPSA) is 101 Å². The Labute approximate surface area is 187 Å². The molecule has 8 nitrogen and oxygen atoms in total. The molecule has 0 aromatic heterocycles. The van der Waals surface area contributed by atoms with Crippen molar-refractivity contribution < 1.29 is 27.5 Å². The number of likely N-dealkylation sites (N-methyl/N-ethyl adjacent to an activating group) is 1. The van der Waals surface area contributed by atoms with Crippen molar-refractivity contribution >= 4 is 39.2 Å². The first-order valence-electron chi connectivity index (χ1n) is 10.4. The monoisotopic (exact) mass is 470 g/mol. The quantitative estimate of drug-likeness (QED) is 0.587. The Bertz CT molecular complexity index is 926. The Kier molecular flexibility index (Phi) is 7.59. The summed E-state index contributed by atoms with van der Waals surface area (Å²) in [4.78, 5) is 40.6. The maximum atomic E-state index is 12.6. The average molecular weight is 471 g/mol. The van der Waals surface area contributed by atoms with Crippen LogP contribution >= 0.6 is 11.6 Å². The molecule has 2 saturated heterocycles. The van der Waals surface area contributed by atoms with Crippen molar-refractivity contribution in [3.8, 4) is 0 Å². The molecule has 1 aromatic rings. The summed E-state index contributed by atoms with van der Waals surface area (Å²) >= 11 is 5.86. The van der Waals surface area contributed by atoms with E-state index in [2.05, 4.69) is 0 Å². The van der Waals surface area contributed by atoms with E-state index in [9.17, 15) is 22.8 Å². The highest BCUT2D eigenvalue weighted by Gasteiger charge is 2.35. The van der Waals surface area contributed by atoms with Gasteiger partial charge in [-0.1, -0.05) is 11.6 Å². The van der Waals surface area contributed by atoms with Gasteiger partial charge in [-0.2, -0.15) is 0 Å². The van der Waals surface area contributed by atoms with Gasteiger partial charge in [-0.25, -0.2) is 8.42 Å². The number of amides is 2. The molecular formula is C21H27ClN2O6S. The fraction of sp³-hybridized carbons (Fsp3) is 0.571. The number of rotatable bonds is 6. The van der Waals surface area contributed by atoms with E-state index in [1.165, 1.54) is 4.90 Å². The van der Waals surface area contributed by atoms with Crippen LogP contribution in [0.25, 0.3) is 0 Å². The molecule has 0 N–H and O–H groups in total. The van der Waals surface area contributed by atoms with Crippen LogP contribution in [0.15, 0.2) is 24.3 Å². The molecule has 3 rings (SSSR count). The number of esters is 1. The van der Waals surface area contributed by atoms with E-state index in [4.69, 9.17) is 16.3 Å². The molecular weight excluding hydrogens is 444 g/mol. The molecule has 2 aliphatic rings. The minimum Gasteiger partial charge on any atom is -0.455 e. The lowest BCUT2D eigenvalue weighted by atomic mass is 9.96. The molecule has 10 heteroatoms. The number of ether oxygens (including phenoxy) is 1. The zero-order valence-corrected chi connectivity index (χ0v) is 19.0. The summed E-state index contributed by atoms with van der Waals surface area (Å²) in [7, 11) is -3.11. The van der Waals surface area contributed by atoms with Gasteiger partial charge in [0.05, 0.1) is 17.4 Å². The zero-order chi connectivity index (χ0) is 22.6. The third-order valence-corrected chi connectivity index (χ3v) is 7.86. The van der Waals surface area contributed by atoms with Crippen LogP contribution in [-0.4, -0.2) is 79.8 Å². The van der Waals surface area contributed by atoms with E-state index >= 15 is 0 Å². The standard InChI is InChI=1S/C21H27ClN2O6S/c1-2-24(18-9-12-31(28,29)14-18)19(25)13-30-21(27)16-7-10-23(11-8-16)20(26)15-3-5-17(22)6-4-15/h3-6,16,18H,2,7-14H2,1H3/t18-/m1/s1. The fourth-order valence-electron chi connectivity index (χ4n) is 4.09. The second-order valence-corrected chi connectivity index (χ2v) is 10.6. The molecule has 170 valence electrons. The molecule has 0 radical (unpaired) electrons. The SMILES string of the molecule is CCN(C(=O)COC(=O)C1CCN(C(=O)c2ccc(Cl)cc2)CC1)[C@@H]1CCS(=O)(=O)C1. The van der Waals surface area contributed by atoms with Crippen LogP contribution in [0.3, 0.4) is 0 Å². The first-order valence-corrected chi connectivity index (χ1v) is 12.6. The van der Waals surface area contributed by atoms with E-state index < -0.39 is 22.4 Å². The Balaban J connectivity index is 1.46. The highest BCUT2D eigenvalue weighted by atomic mass is 35.5. The summed E-state index contributed by atoms with van der Waals surface area (Å²) in [5.74, 6) is -1.28. The summed E-state index contributed by atoms with van der Waals surface area (Å²) < 4.78 is 28.6. The Morgan fingerprint density at radius 3 is 2.32 bits per heavy atom. The molecule has 31 heavy (non-hydrogen) atoms. The van der Waals surface area contributed by atoms with E-state index in [0.717, 1.165) is 0 Å². The summed E-state index contributed by atoms with van der Waals surface area (Å²) in [6, 6.07) is 6.31. The number of hydrogen-bond acceptors (Lipinski definition) is 6. The van der Waals surface area contributed by atoms with E-state index in [1.54, 1.807) is 36.1 Å². The van der Waals surface area contributed by atoms with E-state index in [0.29, 0.717) is 49.5 Å². The number of nitrogens with zero attached hydrogens (tertiary/aromatic N) is 2. The average Bonchev–Trinajstić information content (AvgIpc) is 3.12. The van der Waals surface area contributed by atoms with Crippen molar-refractivity contribution in [1.29, 1.82) is 0 Å². The number of hydrogen-bond donors (Lipinski definition) is 0. The van der Waals surface area contributed by atoms with Crippen LogP contribution in [0, 0.1) is 5.92 Å². The lowest BCUT2D eigenvalue weighted by Gasteiger charge is -2.31. The van der Waals surface area contributed by atoms with Crippen LogP contribution in [-0.2, 0) is 24.2 Å². The molecule has 2 heterocycles. The highest BCUT2D eigenvalue weighted by Crippen LogP contribution is 2.22. The summed E-state index contributed by atoms with van der Waals surface area (Å²) in [6.45, 7) is 2.60. The van der Waals surface area contributed by atoms with Crippen molar-refractivity contribution in [2.45, 2.75) is 32.2 Å². The number of sulfone groups is 1. The lowest BCUT2D eigenvalue weighted by Crippen LogP contribution is -2.44. The van der Waals surface area contributed by atoms with Crippen LogP contribution in [0.4, 0.5) is 0 Å². The molecule has 1 atom stereocenters. The third kappa shape index (κ3) is 5.98. The largest absolute Gasteiger partial charge is 0.455 e. The van der Waals surface area contributed by atoms with Crippen LogP contribution < -0.4 is 0 Å². The van der Waals surface area contributed by atoms with Crippen LogP contribution in [0.1, 0.15) is 36.5 Å². The van der Waals surface area contributed by atoms with Crippen molar-refractivity contribution in [1.82, 2.24) is 9.80 Å². The van der Waals surface area contributed by atoms with Gasteiger partial charge in [0.15, 0.2) is 16.4 Å². The zero-order valence-electron chi connectivity index (χ0n) is 17.5. The Morgan fingerprint density at radius 2 is 1.77 bits per heavy atom. The molecule has 0 unspecified atom stereocenters. The van der Waals surface area contributed by atoms with Gasteiger partial charge in [0.2, 0.25) is 0 Å². The van der Waals surface area contributed by atoms with Gasteiger partial charge >= 0.3 is 5.97 Å². The first kappa shape index (κ1) is 23.5. The number of halogens is 1. The molecule has 2 amide bonds. The minimum absolute atomic E-state index is 0.0410. The molecule has 0 saturated carbocycles. The minimum atomic E-state index is -3.11. The van der Waals surface area contributed by atoms with Gasteiger partial charge in [-0.3, -0.25) is 14.4 Å². The van der Waals surface area contributed by atoms with Gasteiger partial charge in [-0.05, 0) is 50.5 Å². The lowest BCUT2D eigenvalue weighted by molar-refractivity contribution is -0.157. The maximum absolute atomic E-state index is 12.6. The van der Waals surface area contributed by atoms with Gasteiger partial charge in [0.1, 0.15) is 0 Å². The van der Waals surface area contributed by atoms with Crippen molar-refractivity contribution in [2.75, 3.05) is 37.7 Å². The number of carbonyl (C=O) groups is 3. The third-order valence-electron chi connectivity index (χ3n) is 5.85. The predicted octanol–water partition coefficient (Wildman–Crippen LogP) is 1.77. The second-order valence-electron chi connectivity index (χ2n) is 7.92. The maximum Gasteiger partial charge on any atom is 0.309 e. The molecule has 0 spiro atoms. The summed E-state index contributed by atoms with van der Waals surface area (Å²) in [5.41, 5.74) is 0.546. The van der Waals surface area contributed by atoms with Gasteiger partial charge < -0.3 is 14.5 Å². The fourth-order valence-corrected chi connectivity index (χ4v) is 5.94. The number of piperidine rings is 1. The number of likely N-dealkylation sites (tertiary alicyclic amines) is 1. The van der Waals surface area contributed by atoms with Crippen LogP contribution in [0.2, 0.25) is 5.02 Å². The number of carbonyl (C=O) groups excluding carboxylic acids is 3. The first-order chi connectivity index (χ1) is 14.7. The summed E-state index contributed by atoms with van der Waals surface area (Å²) in [6.07, 6.45) is 1.34.